The number of hydrogen-bond acceptors (Lipinski definition) is 4. The van der Waals surface area contributed by atoms with E-state index in [1.165, 1.54) is 12.1 Å². The third kappa shape index (κ3) is 4.16. The molecule has 0 aromatic heterocycles. The molecule has 2 aromatic carbocycles. The molecule has 0 spiro atoms. The molecular weight excluding hydrogens is 312 g/mol. The van der Waals surface area contributed by atoms with Crippen LogP contribution in [0.2, 0.25) is 0 Å². The van der Waals surface area contributed by atoms with Crippen molar-refractivity contribution in [1.29, 1.82) is 0 Å². The molecule has 24 heavy (non-hydrogen) atoms. The van der Waals surface area contributed by atoms with Crippen LogP contribution in [0.4, 0.5) is 5.69 Å². The summed E-state index contributed by atoms with van der Waals surface area (Å²) >= 11 is 0. The first-order chi connectivity index (χ1) is 11.4. The SMILES string of the molecule is Cc1ccc([N+](=O)[O-])cc1C(=O)N[C@@H](Cc1ccccc1)C(=O)O. The van der Waals surface area contributed by atoms with Crippen molar-refractivity contribution < 1.29 is 19.6 Å². The summed E-state index contributed by atoms with van der Waals surface area (Å²) in [5, 5.41) is 22.6. The second-order valence-electron chi connectivity index (χ2n) is 5.31. The van der Waals surface area contributed by atoms with Gasteiger partial charge in [0, 0.05) is 24.1 Å². The number of carboxylic acid groups (broad SMARTS) is 1. The quantitative estimate of drug-likeness (QED) is 0.625. The zero-order valence-corrected chi connectivity index (χ0v) is 12.9. The van der Waals surface area contributed by atoms with Gasteiger partial charge in [-0.25, -0.2) is 4.79 Å². The van der Waals surface area contributed by atoms with Gasteiger partial charge in [-0.1, -0.05) is 36.4 Å². The van der Waals surface area contributed by atoms with Gasteiger partial charge in [-0.3, -0.25) is 14.9 Å². The molecule has 0 aliphatic heterocycles. The Morgan fingerprint density at radius 1 is 1.21 bits per heavy atom. The summed E-state index contributed by atoms with van der Waals surface area (Å²) in [6.07, 6.45) is 0.121. The Labute approximate surface area is 138 Å². The van der Waals surface area contributed by atoms with E-state index in [-0.39, 0.29) is 17.7 Å². The van der Waals surface area contributed by atoms with Crippen LogP contribution in [0.15, 0.2) is 48.5 Å². The predicted octanol–water partition coefficient (Wildman–Crippen LogP) is 2.33. The average Bonchev–Trinajstić information content (AvgIpc) is 2.55. The molecule has 7 nitrogen and oxygen atoms in total. The molecule has 0 heterocycles. The largest absolute Gasteiger partial charge is 0.480 e. The molecule has 0 bridgehead atoms. The Morgan fingerprint density at radius 3 is 2.46 bits per heavy atom. The van der Waals surface area contributed by atoms with E-state index >= 15 is 0 Å². The number of benzene rings is 2. The van der Waals surface area contributed by atoms with Crippen molar-refractivity contribution in [2.24, 2.45) is 0 Å². The molecule has 0 saturated carbocycles. The minimum Gasteiger partial charge on any atom is -0.480 e. The number of nitro benzene ring substituents is 1. The number of amides is 1. The monoisotopic (exact) mass is 328 g/mol. The van der Waals surface area contributed by atoms with Crippen LogP contribution >= 0.6 is 0 Å². The number of carbonyl (C=O) groups excluding carboxylic acids is 1. The summed E-state index contributed by atoms with van der Waals surface area (Å²) in [6.45, 7) is 1.63. The highest BCUT2D eigenvalue weighted by Crippen LogP contribution is 2.17. The third-order valence-electron chi connectivity index (χ3n) is 3.56. The van der Waals surface area contributed by atoms with E-state index in [2.05, 4.69) is 5.32 Å². The molecule has 0 aliphatic carbocycles. The topological polar surface area (TPSA) is 110 Å². The second kappa shape index (κ2) is 7.36. The molecule has 1 amide bonds. The number of hydrogen-bond donors (Lipinski definition) is 2. The van der Waals surface area contributed by atoms with Gasteiger partial charge < -0.3 is 10.4 Å². The van der Waals surface area contributed by atoms with Crippen LogP contribution in [-0.4, -0.2) is 27.9 Å². The Bertz CT molecular complexity index is 774. The van der Waals surface area contributed by atoms with Crippen molar-refractivity contribution in [3.05, 3.63) is 75.3 Å². The first-order valence-corrected chi connectivity index (χ1v) is 7.21. The highest BCUT2D eigenvalue weighted by atomic mass is 16.6. The molecule has 0 saturated heterocycles. The summed E-state index contributed by atoms with van der Waals surface area (Å²) in [5.41, 5.74) is 1.16. The van der Waals surface area contributed by atoms with Crippen molar-refractivity contribution in [2.75, 3.05) is 0 Å². The smallest absolute Gasteiger partial charge is 0.326 e. The number of carbonyl (C=O) groups is 2. The lowest BCUT2D eigenvalue weighted by molar-refractivity contribution is -0.384. The molecule has 0 aliphatic rings. The molecule has 0 fully saturated rings. The highest BCUT2D eigenvalue weighted by molar-refractivity contribution is 5.98. The highest BCUT2D eigenvalue weighted by Gasteiger charge is 2.23. The summed E-state index contributed by atoms with van der Waals surface area (Å²) < 4.78 is 0. The Hall–Kier alpha value is -3.22. The van der Waals surface area contributed by atoms with E-state index in [1.807, 2.05) is 6.07 Å². The fourth-order valence-electron chi connectivity index (χ4n) is 2.25. The minimum absolute atomic E-state index is 0.0866. The van der Waals surface area contributed by atoms with E-state index in [9.17, 15) is 24.8 Å². The van der Waals surface area contributed by atoms with E-state index in [0.717, 1.165) is 11.6 Å². The first kappa shape index (κ1) is 17.1. The standard InChI is InChI=1S/C17H16N2O5/c1-11-7-8-13(19(23)24)10-14(11)16(20)18-15(17(21)22)9-12-5-3-2-4-6-12/h2-8,10,15H,9H2,1H3,(H,18,20)(H,21,22)/t15-/m0/s1. The summed E-state index contributed by atoms with van der Waals surface area (Å²) in [5.74, 6) is -1.82. The minimum atomic E-state index is -1.17. The number of rotatable bonds is 6. The lowest BCUT2D eigenvalue weighted by Gasteiger charge is -2.15. The molecular formula is C17H16N2O5. The van der Waals surface area contributed by atoms with Gasteiger partial charge in [0.15, 0.2) is 0 Å². The maximum Gasteiger partial charge on any atom is 0.326 e. The second-order valence-corrected chi connectivity index (χ2v) is 5.31. The Morgan fingerprint density at radius 2 is 1.88 bits per heavy atom. The molecule has 0 radical (unpaired) electrons. The van der Waals surface area contributed by atoms with Gasteiger partial charge in [0.2, 0.25) is 0 Å². The number of nitrogens with one attached hydrogen (secondary N) is 1. The van der Waals surface area contributed by atoms with Gasteiger partial charge in [0.25, 0.3) is 11.6 Å². The van der Waals surface area contributed by atoms with E-state index in [1.54, 1.807) is 31.2 Å². The molecule has 0 unspecified atom stereocenters. The molecule has 2 rings (SSSR count). The van der Waals surface area contributed by atoms with Crippen LogP contribution in [0.5, 0.6) is 0 Å². The number of non-ortho nitro benzene ring substituents is 1. The lowest BCUT2D eigenvalue weighted by atomic mass is 10.0. The van der Waals surface area contributed by atoms with Crippen molar-refractivity contribution in [3.63, 3.8) is 0 Å². The fourth-order valence-corrected chi connectivity index (χ4v) is 2.25. The van der Waals surface area contributed by atoms with Crippen LogP contribution in [0.25, 0.3) is 0 Å². The number of nitrogens with zero attached hydrogens (tertiary/aromatic N) is 1. The van der Waals surface area contributed by atoms with Crippen molar-refractivity contribution in [1.82, 2.24) is 5.32 Å². The van der Waals surface area contributed by atoms with Crippen molar-refractivity contribution in [3.8, 4) is 0 Å². The summed E-state index contributed by atoms with van der Waals surface area (Å²) in [4.78, 5) is 34.0. The number of carboxylic acids is 1. The molecule has 2 N–H and O–H groups in total. The van der Waals surface area contributed by atoms with E-state index in [4.69, 9.17) is 0 Å². The van der Waals surface area contributed by atoms with Crippen LogP contribution in [0.1, 0.15) is 21.5 Å². The average molecular weight is 328 g/mol. The van der Waals surface area contributed by atoms with Crippen molar-refractivity contribution >= 4 is 17.6 Å². The van der Waals surface area contributed by atoms with Crippen LogP contribution in [0.3, 0.4) is 0 Å². The van der Waals surface area contributed by atoms with Crippen LogP contribution in [0, 0.1) is 17.0 Å². The van der Waals surface area contributed by atoms with Gasteiger partial charge in [-0.2, -0.15) is 0 Å². The third-order valence-corrected chi connectivity index (χ3v) is 3.56. The first-order valence-electron chi connectivity index (χ1n) is 7.21. The fraction of sp³-hybridized carbons (Fsp3) is 0.176. The van der Waals surface area contributed by atoms with Gasteiger partial charge in [0.05, 0.1) is 4.92 Å². The van der Waals surface area contributed by atoms with Gasteiger partial charge in [-0.15, -0.1) is 0 Å². The molecule has 124 valence electrons. The normalized spacial score (nSPS) is 11.5. The number of nitro groups is 1. The Balaban J connectivity index is 2.21. The van der Waals surface area contributed by atoms with Gasteiger partial charge >= 0.3 is 5.97 Å². The summed E-state index contributed by atoms with van der Waals surface area (Å²) in [7, 11) is 0. The van der Waals surface area contributed by atoms with E-state index < -0.39 is 22.8 Å². The zero-order chi connectivity index (χ0) is 17.7. The maximum atomic E-state index is 12.3. The van der Waals surface area contributed by atoms with Gasteiger partial charge in [-0.05, 0) is 18.1 Å². The number of aryl methyl sites for hydroxylation is 1. The van der Waals surface area contributed by atoms with Gasteiger partial charge in [0.1, 0.15) is 6.04 Å². The predicted molar refractivity (Wildman–Crippen MR) is 86.9 cm³/mol. The van der Waals surface area contributed by atoms with Crippen LogP contribution < -0.4 is 5.32 Å². The number of aliphatic carboxylic acids is 1. The Kier molecular flexibility index (Phi) is 5.26. The molecule has 1 atom stereocenters. The maximum absolute atomic E-state index is 12.3. The molecule has 7 heteroatoms. The van der Waals surface area contributed by atoms with Crippen LogP contribution in [-0.2, 0) is 11.2 Å². The molecule has 2 aromatic rings. The van der Waals surface area contributed by atoms with Crippen molar-refractivity contribution in [2.45, 2.75) is 19.4 Å². The van der Waals surface area contributed by atoms with E-state index in [0.29, 0.717) is 5.56 Å². The zero-order valence-electron chi connectivity index (χ0n) is 12.9. The summed E-state index contributed by atoms with van der Waals surface area (Å²) in [6, 6.07) is 11.7. The lowest BCUT2D eigenvalue weighted by Crippen LogP contribution is -2.42.